The van der Waals surface area contributed by atoms with Crippen LogP contribution in [0.3, 0.4) is 0 Å². The molecule has 3 aromatic carbocycles. The number of carbonyl (C=O) groups is 1. The highest BCUT2D eigenvalue weighted by Crippen LogP contribution is 2.31. The number of nitrogens with zero attached hydrogens (tertiary/aromatic N) is 2. The standard InChI is InChI=1S/C26H21Cl2N3O3/c1-33-25-15-18(7-12-24(25)34-17-21-22(27)5-4-6-23(21)28)16-29-30-26(32)19-8-10-20(11-9-19)31-13-2-3-14-31/h2-16H,17H2,1H3,(H,30,32). The van der Waals surface area contributed by atoms with Gasteiger partial charge in [-0.3, -0.25) is 4.79 Å². The molecule has 0 aliphatic heterocycles. The maximum atomic E-state index is 12.4. The second-order valence-corrected chi connectivity index (χ2v) is 8.05. The van der Waals surface area contributed by atoms with Gasteiger partial charge in [0.25, 0.3) is 5.91 Å². The minimum atomic E-state index is -0.307. The van der Waals surface area contributed by atoms with Crippen LogP contribution in [0.5, 0.6) is 11.5 Å². The molecule has 4 rings (SSSR count). The molecule has 0 radical (unpaired) electrons. The summed E-state index contributed by atoms with van der Waals surface area (Å²) in [6.45, 7) is 0.196. The minimum Gasteiger partial charge on any atom is -0.493 e. The fourth-order valence-corrected chi connectivity index (χ4v) is 3.73. The molecule has 1 heterocycles. The number of carbonyl (C=O) groups excluding carboxylic acids is 1. The van der Waals surface area contributed by atoms with E-state index in [1.54, 1.807) is 55.6 Å². The van der Waals surface area contributed by atoms with Crippen LogP contribution < -0.4 is 14.9 Å². The van der Waals surface area contributed by atoms with Crippen LogP contribution in [-0.2, 0) is 6.61 Å². The second kappa shape index (κ2) is 10.9. The smallest absolute Gasteiger partial charge is 0.271 e. The molecule has 34 heavy (non-hydrogen) atoms. The van der Waals surface area contributed by atoms with Crippen LogP contribution in [-0.4, -0.2) is 23.8 Å². The molecule has 4 aromatic rings. The lowest BCUT2D eigenvalue weighted by molar-refractivity contribution is 0.0955. The quantitative estimate of drug-likeness (QED) is 0.237. The molecule has 1 N–H and O–H groups in total. The Hall–Kier alpha value is -3.74. The van der Waals surface area contributed by atoms with Gasteiger partial charge >= 0.3 is 0 Å². The van der Waals surface area contributed by atoms with Gasteiger partial charge in [-0.1, -0.05) is 29.3 Å². The molecular formula is C26H21Cl2N3O3. The van der Waals surface area contributed by atoms with E-state index in [0.29, 0.717) is 32.7 Å². The third-order valence-corrected chi connectivity index (χ3v) is 5.74. The van der Waals surface area contributed by atoms with Crippen molar-refractivity contribution in [2.75, 3.05) is 7.11 Å². The van der Waals surface area contributed by atoms with Gasteiger partial charge in [0, 0.05) is 39.3 Å². The Bertz CT molecular complexity index is 1280. The van der Waals surface area contributed by atoms with Crippen LogP contribution in [0.15, 0.2) is 90.3 Å². The number of benzene rings is 3. The number of amides is 1. The number of aromatic nitrogens is 1. The van der Waals surface area contributed by atoms with E-state index in [0.717, 1.165) is 11.3 Å². The van der Waals surface area contributed by atoms with Crippen molar-refractivity contribution in [2.24, 2.45) is 5.10 Å². The topological polar surface area (TPSA) is 64.8 Å². The number of ether oxygens (including phenoxy) is 2. The third-order valence-electron chi connectivity index (χ3n) is 5.03. The number of hydrazone groups is 1. The van der Waals surface area contributed by atoms with Gasteiger partial charge in [-0.05, 0) is 72.3 Å². The largest absolute Gasteiger partial charge is 0.493 e. The summed E-state index contributed by atoms with van der Waals surface area (Å²) < 4.78 is 13.3. The molecular weight excluding hydrogens is 473 g/mol. The lowest BCUT2D eigenvalue weighted by atomic mass is 10.2. The molecule has 0 bridgehead atoms. The van der Waals surface area contributed by atoms with Crippen LogP contribution >= 0.6 is 23.2 Å². The van der Waals surface area contributed by atoms with E-state index < -0.39 is 0 Å². The number of nitrogens with one attached hydrogen (secondary N) is 1. The fourth-order valence-electron chi connectivity index (χ4n) is 3.23. The van der Waals surface area contributed by atoms with Gasteiger partial charge in [-0.15, -0.1) is 0 Å². The van der Waals surface area contributed by atoms with Crippen molar-refractivity contribution in [1.82, 2.24) is 9.99 Å². The highest BCUT2D eigenvalue weighted by molar-refractivity contribution is 6.35. The zero-order chi connectivity index (χ0) is 23.9. The van der Waals surface area contributed by atoms with E-state index in [1.165, 1.54) is 6.21 Å². The first-order valence-electron chi connectivity index (χ1n) is 10.4. The predicted octanol–water partition coefficient (Wildman–Crippen LogP) is 6.14. The van der Waals surface area contributed by atoms with E-state index in [9.17, 15) is 4.79 Å². The maximum absolute atomic E-state index is 12.4. The van der Waals surface area contributed by atoms with Crippen molar-refractivity contribution in [3.8, 4) is 17.2 Å². The van der Waals surface area contributed by atoms with E-state index in [1.807, 2.05) is 41.2 Å². The third kappa shape index (κ3) is 5.60. The zero-order valence-electron chi connectivity index (χ0n) is 18.2. The van der Waals surface area contributed by atoms with E-state index in [4.69, 9.17) is 32.7 Å². The lowest BCUT2D eigenvalue weighted by Crippen LogP contribution is -2.17. The normalized spacial score (nSPS) is 10.9. The first-order valence-corrected chi connectivity index (χ1v) is 11.1. The molecule has 0 saturated carbocycles. The van der Waals surface area contributed by atoms with Gasteiger partial charge < -0.3 is 14.0 Å². The van der Waals surface area contributed by atoms with Gasteiger partial charge in [0.15, 0.2) is 11.5 Å². The molecule has 0 spiro atoms. The van der Waals surface area contributed by atoms with Crippen molar-refractivity contribution in [2.45, 2.75) is 6.61 Å². The summed E-state index contributed by atoms with van der Waals surface area (Å²) in [5, 5.41) is 5.12. The summed E-state index contributed by atoms with van der Waals surface area (Å²) >= 11 is 12.4. The summed E-state index contributed by atoms with van der Waals surface area (Å²) in [5.74, 6) is 0.736. The number of methoxy groups -OCH3 is 1. The van der Waals surface area contributed by atoms with Crippen molar-refractivity contribution in [3.05, 3.63) is 112 Å². The molecule has 0 aliphatic carbocycles. The number of rotatable bonds is 8. The summed E-state index contributed by atoms with van der Waals surface area (Å²) in [5.41, 5.74) is 5.43. The Balaban J connectivity index is 1.37. The highest BCUT2D eigenvalue weighted by atomic mass is 35.5. The molecule has 0 atom stereocenters. The minimum absolute atomic E-state index is 0.196. The van der Waals surface area contributed by atoms with Crippen molar-refractivity contribution < 1.29 is 14.3 Å². The van der Waals surface area contributed by atoms with Gasteiger partial charge in [0.05, 0.1) is 13.3 Å². The monoisotopic (exact) mass is 493 g/mol. The summed E-state index contributed by atoms with van der Waals surface area (Å²) in [4.78, 5) is 12.4. The van der Waals surface area contributed by atoms with Crippen LogP contribution in [0, 0.1) is 0 Å². The van der Waals surface area contributed by atoms with Crippen LogP contribution in [0.4, 0.5) is 0 Å². The van der Waals surface area contributed by atoms with Crippen LogP contribution in [0.1, 0.15) is 21.5 Å². The van der Waals surface area contributed by atoms with Gasteiger partial charge in [0.1, 0.15) is 6.61 Å². The number of hydrogen-bond acceptors (Lipinski definition) is 4. The molecule has 6 nitrogen and oxygen atoms in total. The number of halogens is 2. The number of hydrogen-bond donors (Lipinski definition) is 1. The van der Waals surface area contributed by atoms with Gasteiger partial charge in [-0.2, -0.15) is 5.10 Å². The molecule has 172 valence electrons. The summed E-state index contributed by atoms with van der Waals surface area (Å²) in [6.07, 6.45) is 5.41. The Morgan fingerprint density at radius 3 is 2.35 bits per heavy atom. The molecule has 0 fully saturated rings. The van der Waals surface area contributed by atoms with E-state index in [-0.39, 0.29) is 12.5 Å². The first kappa shape index (κ1) is 23.4. The average molecular weight is 494 g/mol. The Kier molecular flexibility index (Phi) is 7.52. The average Bonchev–Trinajstić information content (AvgIpc) is 3.39. The molecule has 8 heteroatoms. The molecule has 1 amide bonds. The van der Waals surface area contributed by atoms with E-state index in [2.05, 4.69) is 10.5 Å². The zero-order valence-corrected chi connectivity index (χ0v) is 19.8. The Morgan fingerprint density at radius 2 is 1.68 bits per heavy atom. The maximum Gasteiger partial charge on any atom is 0.271 e. The Labute approximate surface area is 207 Å². The SMILES string of the molecule is COc1cc(C=NNC(=O)c2ccc(-n3cccc3)cc2)ccc1OCc1c(Cl)cccc1Cl. The van der Waals surface area contributed by atoms with Crippen LogP contribution in [0.2, 0.25) is 10.0 Å². The van der Waals surface area contributed by atoms with E-state index >= 15 is 0 Å². The molecule has 0 saturated heterocycles. The van der Waals surface area contributed by atoms with Crippen molar-refractivity contribution >= 4 is 35.3 Å². The van der Waals surface area contributed by atoms with Crippen molar-refractivity contribution in [3.63, 3.8) is 0 Å². The Morgan fingerprint density at radius 1 is 0.971 bits per heavy atom. The second-order valence-electron chi connectivity index (χ2n) is 7.24. The molecule has 0 aliphatic rings. The van der Waals surface area contributed by atoms with Crippen LogP contribution in [0.25, 0.3) is 5.69 Å². The fraction of sp³-hybridized carbons (Fsp3) is 0.0769. The first-order chi connectivity index (χ1) is 16.5. The van der Waals surface area contributed by atoms with Gasteiger partial charge in [0.2, 0.25) is 0 Å². The molecule has 0 unspecified atom stereocenters. The highest BCUT2D eigenvalue weighted by Gasteiger charge is 2.10. The predicted molar refractivity (Wildman–Crippen MR) is 135 cm³/mol. The van der Waals surface area contributed by atoms with Crippen molar-refractivity contribution in [1.29, 1.82) is 0 Å². The molecule has 1 aromatic heterocycles. The van der Waals surface area contributed by atoms with Gasteiger partial charge in [-0.25, -0.2) is 5.43 Å². The summed E-state index contributed by atoms with van der Waals surface area (Å²) in [7, 11) is 1.55. The lowest BCUT2D eigenvalue weighted by Gasteiger charge is -2.13. The summed E-state index contributed by atoms with van der Waals surface area (Å²) in [6, 6.07) is 21.7.